The fourth-order valence-corrected chi connectivity index (χ4v) is 1.27. The molecule has 2 rings (SSSR count). The van der Waals surface area contributed by atoms with Gasteiger partial charge in [-0.2, -0.15) is 5.10 Å². The average molecular weight is 205 g/mol. The van der Waals surface area contributed by atoms with Crippen LogP contribution < -0.4 is 0 Å². The van der Waals surface area contributed by atoms with Crippen LogP contribution in [-0.4, -0.2) is 25.0 Å². The van der Waals surface area contributed by atoms with Crippen LogP contribution in [0.5, 0.6) is 0 Å². The monoisotopic (exact) mass is 205 g/mol. The molecule has 1 aromatic carbocycles. The SMILES string of the molecule is OC(O)c1ncn(Cc2ccccc2)n1. The molecule has 15 heavy (non-hydrogen) atoms. The summed E-state index contributed by atoms with van der Waals surface area (Å²) in [5.74, 6) is 0.0194. The molecule has 5 nitrogen and oxygen atoms in total. The normalized spacial score (nSPS) is 10.9. The third kappa shape index (κ3) is 2.39. The Kier molecular flexibility index (Phi) is 2.75. The minimum absolute atomic E-state index is 0.0194. The van der Waals surface area contributed by atoms with E-state index < -0.39 is 6.29 Å². The topological polar surface area (TPSA) is 71.2 Å². The highest BCUT2D eigenvalue weighted by atomic mass is 16.5. The van der Waals surface area contributed by atoms with Gasteiger partial charge in [0.15, 0.2) is 0 Å². The van der Waals surface area contributed by atoms with Crippen LogP contribution in [0.4, 0.5) is 0 Å². The molecule has 1 aromatic heterocycles. The number of hydrogen-bond acceptors (Lipinski definition) is 4. The minimum atomic E-state index is -1.61. The lowest BCUT2D eigenvalue weighted by Crippen LogP contribution is -2.03. The van der Waals surface area contributed by atoms with Gasteiger partial charge >= 0.3 is 0 Å². The number of aliphatic hydroxyl groups is 2. The largest absolute Gasteiger partial charge is 0.362 e. The van der Waals surface area contributed by atoms with Gasteiger partial charge < -0.3 is 10.2 Å². The first kappa shape index (κ1) is 9.82. The maximum atomic E-state index is 8.82. The lowest BCUT2D eigenvalue weighted by molar-refractivity contribution is -0.0494. The standard InChI is InChI=1S/C10H11N3O2/c14-10(15)9-11-7-13(12-9)6-8-4-2-1-3-5-8/h1-5,7,10,14-15H,6H2. The molecule has 0 radical (unpaired) electrons. The third-order valence-corrected chi connectivity index (χ3v) is 1.97. The van der Waals surface area contributed by atoms with Crippen LogP contribution in [0.15, 0.2) is 36.7 Å². The van der Waals surface area contributed by atoms with Gasteiger partial charge in [-0.15, -0.1) is 0 Å². The number of benzene rings is 1. The first-order chi connectivity index (χ1) is 7.25. The zero-order valence-corrected chi connectivity index (χ0v) is 7.98. The molecule has 1 heterocycles. The van der Waals surface area contributed by atoms with Crippen LogP contribution in [0, 0.1) is 0 Å². The van der Waals surface area contributed by atoms with Crippen molar-refractivity contribution in [3.63, 3.8) is 0 Å². The lowest BCUT2D eigenvalue weighted by Gasteiger charge is -2.00. The van der Waals surface area contributed by atoms with Crippen molar-refractivity contribution < 1.29 is 10.2 Å². The van der Waals surface area contributed by atoms with Crippen LogP contribution in [0.2, 0.25) is 0 Å². The highest BCUT2D eigenvalue weighted by Gasteiger charge is 2.08. The van der Waals surface area contributed by atoms with E-state index in [1.165, 1.54) is 6.33 Å². The lowest BCUT2D eigenvalue weighted by atomic mass is 10.2. The van der Waals surface area contributed by atoms with Gasteiger partial charge in [0.2, 0.25) is 12.1 Å². The molecule has 5 heteroatoms. The first-order valence-electron chi connectivity index (χ1n) is 4.55. The molecule has 2 N–H and O–H groups in total. The van der Waals surface area contributed by atoms with Crippen molar-refractivity contribution >= 4 is 0 Å². The van der Waals surface area contributed by atoms with Crippen LogP contribution in [0.3, 0.4) is 0 Å². The Balaban J connectivity index is 2.12. The maximum absolute atomic E-state index is 8.82. The Morgan fingerprint density at radius 2 is 1.93 bits per heavy atom. The summed E-state index contributed by atoms with van der Waals surface area (Å²) in [6.07, 6.45) is -0.135. The van der Waals surface area contributed by atoms with Gasteiger partial charge in [-0.25, -0.2) is 9.67 Å². The summed E-state index contributed by atoms with van der Waals surface area (Å²) in [4.78, 5) is 3.76. The summed E-state index contributed by atoms with van der Waals surface area (Å²) in [7, 11) is 0. The number of rotatable bonds is 3. The van der Waals surface area contributed by atoms with Gasteiger partial charge in [0.05, 0.1) is 6.54 Å². The van der Waals surface area contributed by atoms with E-state index in [0.717, 1.165) is 5.56 Å². The summed E-state index contributed by atoms with van der Waals surface area (Å²) < 4.78 is 1.56. The fraction of sp³-hybridized carbons (Fsp3) is 0.200. The minimum Gasteiger partial charge on any atom is -0.362 e. The van der Waals surface area contributed by atoms with E-state index in [-0.39, 0.29) is 5.82 Å². The summed E-state index contributed by atoms with van der Waals surface area (Å²) >= 11 is 0. The summed E-state index contributed by atoms with van der Waals surface area (Å²) in [5, 5.41) is 21.6. The first-order valence-corrected chi connectivity index (χ1v) is 4.55. The second-order valence-corrected chi connectivity index (χ2v) is 3.16. The van der Waals surface area contributed by atoms with Crippen LogP contribution >= 0.6 is 0 Å². The van der Waals surface area contributed by atoms with Crippen molar-refractivity contribution in [3.8, 4) is 0 Å². The second-order valence-electron chi connectivity index (χ2n) is 3.16. The number of aliphatic hydroxyl groups excluding tert-OH is 1. The van der Waals surface area contributed by atoms with Gasteiger partial charge in [-0.3, -0.25) is 0 Å². The smallest absolute Gasteiger partial charge is 0.216 e. The molecule has 0 aliphatic rings. The van der Waals surface area contributed by atoms with Gasteiger partial charge in [-0.05, 0) is 5.56 Å². The Bertz CT molecular complexity index is 425. The molecule has 0 fully saturated rings. The van der Waals surface area contributed by atoms with Crippen molar-refractivity contribution in [2.45, 2.75) is 12.8 Å². The van der Waals surface area contributed by atoms with E-state index in [1.807, 2.05) is 30.3 Å². The van der Waals surface area contributed by atoms with Crippen molar-refractivity contribution in [2.75, 3.05) is 0 Å². The Labute approximate surface area is 86.6 Å². The number of aromatic nitrogens is 3. The summed E-state index contributed by atoms with van der Waals surface area (Å²) in [6, 6.07) is 9.75. The zero-order valence-electron chi connectivity index (χ0n) is 7.98. The van der Waals surface area contributed by atoms with Crippen molar-refractivity contribution in [3.05, 3.63) is 48.0 Å². The van der Waals surface area contributed by atoms with Crippen LogP contribution in [0.25, 0.3) is 0 Å². The van der Waals surface area contributed by atoms with Crippen LogP contribution in [-0.2, 0) is 6.54 Å². The fourth-order valence-electron chi connectivity index (χ4n) is 1.27. The summed E-state index contributed by atoms with van der Waals surface area (Å²) in [6.45, 7) is 0.570. The summed E-state index contributed by atoms with van der Waals surface area (Å²) in [5.41, 5.74) is 1.08. The molecule has 0 spiro atoms. The highest BCUT2D eigenvalue weighted by molar-refractivity contribution is 5.14. The molecule has 78 valence electrons. The Morgan fingerprint density at radius 1 is 1.20 bits per heavy atom. The molecule has 0 aliphatic heterocycles. The molecule has 0 bridgehead atoms. The third-order valence-electron chi connectivity index (χ3n) is 1.97. The molecular weight excluding hydrogens is 194 g/mol. The quantitative estimate of drug-likeness (QED) is 0.707. The molecular formula is C10H11N3O2. The Morgan fingerprint density at radius 3 is 2.53 bits per heavy atom. The van der Waals surface area contributed by atoms with Crippen molar-refractivity contribution in [2.24, 2.45) is 0 Å². The van der Waals surface area contributed by atoms with E-state index in [9.17, 15) is 0 Å². The molecule has 0 amide bonds. The molecule has 0 unspecified atom stereocenters. The predicted molar refractivity (Wildman–Crippen MR) is 52.7 cm³/mol. The maximum Gasteiger partial charge on any atom is 0.216 e. The predicted octanol–water partition coefficient (Wildman–Crippen LogP) is 0.310. The van der Waals surface area contributed by atoms with Gasteiger partial charge in [0, 0.05) is 0 Å². The second kappa shape index (κ2) is 4.20. The molecule has 0 saturated carbocycles. The van der Waals surface area contributed by atoms with E-state index >= 15 is 0 Å². The number of hydrogen-bond donors (Lipinski definition) is 2. The molecule has 2 aromatic rings. The average Bonchev–Trinajstić information content (AvgIpc) is 2.68. The van der Waals surface area contributed by atoms with E-state index in [0.29, 0.717) is 6.54 Å². The highest BCUT2D eigenvalue weighted by Crippen LogP contribution is 2.04. The van der Waals surface area contributed by atoms with E-state index in [2.05, 4.69) is 10.1 Å². The van der Waals surface area contributed by atoms with Crippen molar-refractivity contribution in [1.82, 2.24) is 14.8 Å². The molecule has 0 aliphatic carbocycles. The zero-order chi connectivity index (χ0) is 10.7. The molecule has 0 atom stereocenters. The Hall–Kier alpha value is -1.72. The van der Waals surface area contributed by atoms with Gasteiger partial charge in [-0.1, -0.05) is 30.3 Å². The number of nitrogens with zero attached hydrogens (tertiary/aromatic N) is 3. The van der Waals surface area contributed by atoms with Crippen LogP contribution in [0.1, 0.15) is 17.7 Å². The van der Waals surface area contributed by atoms with E-state index in [1.54, 1.807) is 4.68 Å². The van der Waals surface area contributed by atoms with E-state index in [4.69, 9.17) is 10.2 Å². The van der Waals surface area contributed by atoms with Gasteiger partial charge in [0.25, 0.3) is 0 Å². The molecule has 0 saturated heterocycles. The van der Waals surface area contributed by atoms with Gasteiger partial charge in [0.1, 0.15) is 6.33 Å². The van der Waals surface area contributed by atoms with Crippen molar-refractivity contribution in [1.29, 1.82) is 0 Å².